The molecule has 0 saturated carbocycles. The molecule has 25 heavy (non-hydrogen) atoms. The Morgan fingerprint density at radius 3 is 1.60 bits per heavy atom. The van der Waals surface area contributed by atoms with Crippen molar-refractivity contribution in [2.24, 2.45) is 0 Å². The molecule has 1 N–H and O–H groups in total. The Balaban J connectivity index is 0. The van der Waals surface area contributed by atoms with Gasteiger partial charge >= 0.3 is 35.5 Å². The summed E-state index contributed by atoms with van der Waals surface area (Å²) >= 11 is 0. The second-order valence-corrected chi connectivity index (χ2v) is 7.87. The number of hydrogen-bond donors (Lipinski definition) is 1. The molecule has 0 aliphatic heterocycles. The van der Waals surface area contributed by atoms with Crippen LogP contribution in [0.4, 0.5) is 0 Å². The zero-order valence-electron chi connectivity index (χ0n) is 15.7. The van der Waals surface area contributed by atoms with Crippen LogP contribution in [0.15, 0.2) is 12.2 Å². The minimum absolute atomic E-state index is 0. The monoisotopic (exact) mass is 384 g/mol. The maximum atomic E-state index is 10.4. The number of allylic oxidation sites excluding steroid dienone is 2. The standard InChI is InChI=1S/C18H34O5S.Na/c19-18(20)16-14-12-10-8-6-4-2-1-3-5-7-9-11-13-15-17-24(21,22)23;/h1-2H,3-17H2,(H,19,20)(H,21,22,23);/q;+1/p-1/b2-1-;. The van der Waals surface area contributed by atoms with E-state index in [1.807, 2.05) is 0 Å². The first-order chi connectivity index (χ1) is 11.4. The molecular weight excluding hydrogens is 351 g/mol. The van der Waals surface area contributed by atoms with Crippen molar-refractivity contribution in [2.75, 3.05) is 5.75 Å². The quantitative estimate of drug-likeness (QED) is 0.178. The number of carboxylic acids is 1. The third-order valence-corrected chi connectivity index (χ3v) is 4.73. The number of hydrogen-bond acceptors (Lipinski definition) is 4. The maximum Gasteiger partial charge on any atom is 1.00 e. The minimum atomic E-state index is -4.03. The van der Waals surface area contributed by atoms with Crippen molar-refractivity contribution in [1.82, 2.24) is 0 Å². The van der Waals surface area contributed by atoms with E-state index in [4.69, 9.17) is 5.11 Å². The van der Waals surface area contributed by atoms with Crippen molar-refractivity contribution in [3.8, 4) is 0 Å². The summed E-state index contributed by atoms with van der Waals surface area (Å²) in [6, 6.07) is 0. The molecule has 0 aliphatic carbocycles. The van der Waals surface area contributed by atoms with E-state index >= 15 is 0 Å². The number of aliphatic carboxylic acids is 1. The van der Waals surface area contributed by atoms with Gasteiger partial charge in [-0.15, -0.1) is 0 Å². The molecule has 142 valence electrons. The fourth-order valence-electron chi connectivity index (χ4n) is 2.55. The van der Waals surface area contributed by atoms with E-state index in [1.165, 1.54) is 12.8 Å². The molecule has 5 nitrogen and oxygen atoms in total. The Labute approximate surface area is 175 Å². The van der Waals surface area contributed by atoms with E-state index in [0.717, 1.165) is 64.2 Å². The normalized spacial score (nSPS) is 11.6. The van der Waals surface area contributed by atoms with Gasteiger partial charge in [-0.25, -0.2) is 8.42 Å². The molecule has 0 radical (unpaired) electrons. The number of carbonyl (C=O) groups is 1. The van der Waals surface area contributed by atoms with Gasteiger partial charge in [-0.2, -0.15) is 0 Å². The number of unbranched alkanes of at least 4 members (excludes halogenated alkanes) is 11. The number of carboxylic acid groups (broad SMARTS) is 1. The van der Waals surface area contributed by atoms with E-state index in [2.05, 4.69) is 12.2 Å². The number of rotatable bonds is 17. The predicted octanol–water partition coefficient (Wildman–Crippen LogP) is 1.64. The molecule has 0 aromatic heterocycles. The van der Waals surface area contributed by atoms with Gasteiger partial charge in [0.05, 0.1) is 10.1 Å². The summed E-state index contributed by atoms with van der Waals surface area (Å²) in [5.41, 5.74) is 0. The van der Waals surface area contributed by atoms with Crippen LogP contribution in [0.25, 0.3) is 0 Å². The van der Waals surface area contributed by atoms with Gasteiger partial charge in [-0.3, -0.25) is 4.79 Å². The van der Waals surface area contributed by atoms with Crippen molar-refractivity contribution in [3.63, 3.8) is 0 Å². The predicted molar refractivity (Wildman–Crippen MR) is 96.0 cm³/mol. The smallest absolute Gasteiger partial charge is 0.748 e. The van der Waals surface area contributed by atoms with E-state index in [1.54, 1.807) is 0 Å². The van der Waals surface area contributed by atoms with Crippen molar-refractivity contribution in [1.29, 1.82) is 0 Å². The van der Waals surface area contributed by atoms with E-state index in [-0.39, 0.29) is 41.7 Å². The molecule has 0 bridgehead atoms. The first-order valence-electron chi connectivity index (χ1n) is 9.22. The van der Waals surface area contributed by atoms with Gasteiger partial charge in [0.25, 0.3) is 0 Å². The molecule has 0 aromatic rings. The fraction of sp³-hybridized carbons (Fsp3) is 0.833. The van der Waals surface area contributed by atoms with Crippen LogP contribution in [0.1, 0.15) is 89.9 Å². The first kappa shape index (κ1) is 27.3. The zero-order valence-corrected chi connectivity index (χ0v) is 18.6. The summed E-state index contributed by atoms with van der Waals surface area (Å²) in [5, 5.41) is 8.52. The summed E-state index contributed by atoms with van der Waals surface area (Å²) in [6.07, 6.45) is 17.9. The average molecular weight is 385 g/mol. The van der Waals surface area contributed by atoms with Crippen LogP contribution in [0.2, 0.25) is 0 Å². The molecule has 0 aliphatic rings. The van der Waals surface area contributed by atoms with Crippen molar-refractivity contribution < 1.29 is 52.4 Å². The van der Waals surface area contributed by atoms with Gasteiger partial charge in [0.15, 0.2) is 0 Å². The van der Waals surface area contributed by atoms with E-state index in [0.29, 0.717) is 6.42 Å². The molecule has 0 aromatic carbocycles. The van der Waals surface area contributed by atoms with Crippen LogP contribution < -0.4 is 29.6 Å². The van der Waals surface area contributed by atoms with Gasteiger partial charge in [0.2, 0.25) is 0 Å². The largest absolute Gasteiger partial charge is 1.00 e. The molecule has 0 atom stereocenters. The molecule has 0 spiro atoms. The van der Waals surface area contributed by atoms with Crippen molar-refractivity contribution in [2.45, 2.75) is 89.9 Å². The van der Waals surface area contributed by atoms with Crippen LogP contribution in [-0.2, 0) is 14.9 Å². The van der Waals surface area contributed by atoms with E-state index < -0.39 is 16.1 Å². The second-order valence-electron chi connectivity index (χ2n) is 6.34. The third kappa shape index (κ3) is 26.5. The van der Waals surface area contributed by atoms with Gasteiger partial charge < -0.3 is 9.66 Å². The first-order valence-corrected chi connectivity index (χ1v) is 10.8. The maximum absolute atomic E-state index is 10.4. The van der Waals surface area contributed by atoms with Crippen LogP contribution in [0.5, 0.6) is 0 Å². The van der Waals surface area contributed by atoms with Crippen molar-refractivity contribution >= 4 is 16.1 Å². The summed E-state index contributed by atoms with van der Waals surface area (Å²) in [4.78, 5) is 10.3. The summed E-state index contributed by atoms with van der Waals surface area (Å²) in [6.45, 7) is 0. The Kier molecular flexibility index (Phi) is 20.7. The van der Waals surface area contributed by atoms with Gasteiger partial charge in [0, 0.05) is 12.2 Å². The summed E-state index contributed by atoms with van der Waals surface area (Å²) < 4.78 is 31.3. The summed E-state index contributed by atoms with van der Waals surface area (Å²) in [7, 11) is -4.03. The van der Waals surface area contributed by atoms with E-state index in [9.17, 15) is 17.8 Å². The topological polar surface area (TPSA) is 94.5 Å². The molecular formula is C18H33NaO5S. The van der Waals surface area contributed by atoms with Gasteiger partial charge in [0.1, 0.15) is 0 Å². The van der Waals surface area contributed by atoms with Crippen LogP contribution >= 0.6 is 0 Å². The fourth-order valence-corrected chi connectivity index (χ4v) is 3.11. The Bertz CT molecular complexity index is 435. The summed E-state index contributed by atoms with van der Waals surface area (Å²) in [5.74, 6) is -0.928. The Hall–Kier alpha value is 0.120. The van der Waals surface area contributed by atoms with Crippen LogP contribution in [0, 0.1) is 0 Å². The molecule has 0 saturated heterocycles. The minimum Gasteiger partial charge on any atom is -0.748 e. The molecule has 0 fully saturated rings. The Morgan fingerprint density at radius 2 is 1.16 bits per heavy atom. The molecule has 0 heterocycles. The molecule has 0 rings (SSSR count). The molecule has 0 unspecified atom stereocenters. The van der Waals surface area contributed by atoms with Crippen LogP contribution in [0.3, 0.4) is 0 Å². The molecule has 7 heteroatoms. The Morgan fingerprint density at radius 1 is 0.760 bits per heavy atom. The van der Waals surface area contributed by atoms with Gasteiger partial charge in [-0.1, -0.05) is 57.1 Å². The SMILES string of the molecule is O=C(O)CCCCCCC/C=C\CCCCCCCCS(=O)(=O)[O-].[Na+]. The zero-order chi connectivity index (χ0) is 18.1. The van der Waals surface area contributed by atoms with Crippen molar-refractivity contribution in [3.05, 3.63) is 12.2 Å². The van der Waals surface area contributed by atoms with Crippen LogP contribution in [-0.4, -0.2) is 29.8 Å². The van der Waals surface area contributed by atoms with Gasteiger partial charge in [-0.05, 0) is 38.5 Å². The third-order valence-electron chi connectivity index (χ3n) is 3.94. The average Bonchev–Trinajstić information content (AvgIpc) is 2.49. The molecule has 0 amide bonds. The second kappa shape index (κ2) is 18.9.